The van der Waals surface area contributed by atoms with Gasteiger partial charge in [0.15, 0.2) is 5.65 Å². The number of pyridine rings is 1. The second kappa shape index (κ2) is 8.79. The van der Waals surface area contributed by atoms with Crippen LogP contribution in [0.3, 0.4) is 0 Å². The van der Waals surface area contributed by atoms with Crippen molar-refractivity contribution in [2.24, 2.45) is 0 Å². The standard InChI is InChI=1S/C24H36N6O/c1-3-5-12-29-13-8-18(9-14-29)27-22-19(16-25-23-20(22)17-26-30(23)4-2)21-15-24(31-28-21)10-6-7-11-24/h15-18,28H,3-14H2,1-2H3,(H,25,27). The van der Waals surface area contributed by atoms with Crippen molar-refractivity contribution in [1.82, 2.24) is 25.1 Å². The van der Waals surface area contributed by atoms with Crippen molar-refractivity contribution in [3.8, 4) is 0 Å². The van der Waals surface area contributed by atoms with E-state index in [2.05, 4.69) is 40.7 Å². The second-order valence-electron chi connectivity index (χ2n) is 9.39. The summed E-state index contributed by atoms with van der Waals surface area (Å²) in [6.07, 6.45) is 15.8. The summed E-state index contributed by atoms with van der Waals surface area (Å²) in [6, 6.07) is 0.468. The van der Waals surface area contributed by atoms with E-state index in [9.17, 15) is 0 Å². The number of anilines is 1. The van der Waals surface area contributed by atoms with E-state index in [1.165, 1.54) is 58.2 Å². The number of nitrogens with zero attached hydrogens (tertiary/aromatic N) is 4. The van der Waals surface area contributed by atoms with Gasteiger partial charge in [0.05, 0.1) is 23.0 Å². The second-order valence-corrected chi connectivity index (χ2v) is 9.39. The normalized spacial score (nSPS) is 21.7. The molecule has 2 N–H and O–H groups in total. The van der Waals surface area contributed by atoms with Gasteiger partial charge in [-0.15, -0.1) is 0 Å². The van der Waals surface area contributed by atoms with E-state index in [-0.39, 0.29) is 5.60 Å². The molecule has 1 spiro atoms. The van der Waals surface area contributed by atoms with Crippen LogP contribution in [0.25, 0.3) is 16.7 Å². The first kappa shape index (κ1) is 20.8. The number of piperidine rings is 1. The monoisotopic (exact) mass is 424 g/mol. The van der Waals surface area contributed by atoms with E-state index in [4.69, 9.17) is 9.82 Å². The summed E-state index contributed by atoms with van der Waals surface area (Å²) in [5.74, 6) is 0. The number of likely N-dealkylation sites (tertiary alicyclic amines) is 1. The third-order valence-electron chi connectivity index (χ3n) is 7.24. The van der Waals surface area contributed by atoms with Gasteiger partial charge in [-0.25, -0.2) is 9.67 Å². The Balaban J connectivity index is 1.43. The molecule has 31 heavy (non-hydrogen) atoms. The first-order valence-electron chi connectivity index (χ1n) is 12.2. The van der Waals surface area contributed by atoms with Crippen LogP contribution in [-0.4, -0.2) is 50.9 Å². The third-order valence-corrected chi connectivity index (χ3v) is 7.24. The average Bonchev–Trinajstić information content (AvgIpc) is 3.54. The molecule has 2 aromatic rings. The van der Waals surface area contributed by atoms with Gasteiger partial charge >= 0.3 is 0 Å². The number of fused-ring (bicyclic) bond motifs is 1. The molecule has 1 saturated carbocycles. The molecular formula is C24H36N6O. The van der Waals surface area contributed by atoms with Crippen molar-refractivity contribution in [3.05, 3.63) is 24.0 Å². The lowest BCUT2D eigenvalue weighted by Gasteiger charge is -2.33. The van der Waals surface area contributed by atoms with Crippen molar-refractivity contribution in [2.45, 2.75) is 83.4 Å². The van der Waals surface area contributed by atoms with Crippen LogP contribution in [0.2, 0.25) is 0 Å². The molecule has 0 radical (unpaired) electrons. The van der Waals surface area contributed by atoms with Crippen molar-refractivity contribution >= 4 is 22.4 Å². The highest BCUT2D eigenvalue weighted by atomic mass is 16.7. The number of aromatic nitrogens is 3. The Labute approximate surface area is 185 Å². The smallest absolute Gasteiger partial charge is 0.159 e. The highest BCUT2D eigenvalue weighted by Crippen LogP contribution is 2.41. The molecule has 2 aromatic heterocycles. The predicted molar refractivity (Wildman–Crippen MR) is 125 cm³/mol. The molecule has 0 unspecified atom stereocenters. The van der Waals surface area contributed by atoms with Crippen LogP contribution in [0.5, 0.6) is 0 Å². The summed E-state index contributed by atoms with van der Waals surface area (Å²) in [7, 11) is 0. The van der Waals surface area contributed by atoms with Gasteiger partial charge in [0.2, 0.25) is 0 Å². The summed E-state index contributed by atoms with van der Waals surface area (Å²) < 4.78 is 1.98. The summed E-state index contributed by atoms with van der Waals surface area (Å²) >= 11 is 0. The van der Waals surface area contributed by atoms with Crippen LogP contribution in [0.1, 0.15) is 70.8 Å². The first-order valence-corrected chi connectivity index (χ1v) is 12.2. The number of hydrogen-bond donors (Lipinski definition) is 2. The van der Waals surface area contributed by atoms with Gasteiger partial charge in [-0.05, 0) is 51.6 Å². The maximum Gasteiger partial charge on any atom is 0.159 e. The van der Waals surface area contributed by atoms with Crippen molar-refractivity contribution in [2.75, 3.05) is 25.0 Å². The minimum atomic E-state index is -0.139. The molecule has 0 bridgehead atoms. The van der Waals surface area contributed by atoms with Crippen molar-refractivity contribution < 1.29 is 4.84 Å². The van der Waals surface area contributed by atoms with Crippen LogP contribution in [0.15, 0.2) is 18.5 Å². The van der Waals surface area contributed by atoms with E-state index >= 15 is 0 Å². The Morgan fingerprint density at radius 3 is 2.74 bits per heavy atom. The Hall–Kier alpha value is -2.12. The van der Waals surface area contributed by atoms with Gasteiger partial charge < -0.3 is 10.2 Å². The number of rotatable bonds is 7. The molecule has 168 valence electrons. The molecule has 0 atom stereocenters. The molecule has 3 aliphatic rings. The molecule has 1 saturated heterocycles. The molecule has 0 aromatic carbocycles. The fourth-order valence-electron chi connectivity index (χ4n) is 5.34. The molecule has 2 fully saturated rings. The van der Waals surface area contributed by atoms with Gasteiger partial charge in [0, 0.05) is 37.4 Å². The predicted octanol–water partition coefficient (Wildman–Crippen LogP) is 4.32. The minimum absolute atomic E-state index is 0.139. The van der Waals surface area contributed by atoms with E-state index < -0.39 is 0 Å². The van der Waals surface area contributed by atoms with E-state index in [0.29, 0.717) is 6.04 Å². The van der Waals surface area contributed by atoms with E-state index in [0.717, 1.165) is 47.4 Å². The van der Waals surface area contributed by atoms with E-state index in [1.807, 2.05) is 17.1 Å². The van der Waals surface area contributed by atoms with Crippen LogP contribution in [0, 0.1) is 0 Å². The number of hydroxylamine groups is 1. The first-order chi connectivity index (χ1) is 15.2. The zero-order chi connectivity index (χ0) is 21.3. The Kier molecular flexibility index (Phi) is 5.89. The van der Waals surface area contributed by atoms with Crippen LogP contribution in [0.4, 0.5) is 5.69 Å². The molecular weight excluding hydrogens is 388 g/mol. The summed E-state index contributed by atoms with van der Waals surface area (Å²) in [6.45, 7) is 8.77. The molecule has 7 heteroatoms. The molecule has 5 rings (SSSR count). The SMILES string of the molecule is CCCCN1CCC(Nc2c(C3=CC4(CCCC4)ON3)cnc3c2cnn3CC)CC1. The fraction of sp³-hybridized carbons (Fsp3) is 0.667. The summed E-state index contributed by atoms with van der Waals surface area (Å²) in [5, 5.41) is 9.59. The highest BCUT2D eigenvalue weighted by molar-refractivity contribution is 5.95. The van der Waals surface area contributed by atoms with Crippen molar-refractivity contribution in [1.29, 1.82) is 0 Å². The molecule has 0 amide bonds. The van der Waals surface area contributed by atoms with Crippen LogP contribution in [-0.2, 0) is 11.4 Å². The highest BCUT2D eigenvalue weighted by Gasteiger charge is 2.39. The third kappa shape index (κ3) is 4.05. The average molecular weight is 425 g/mol. The maximum atomic E-state index is 6.08. The Morgan fingerprint density at radius 2 is 2.00 bits per heavy atom. The number of hydrogen-bond acceptors (Lipinski definition) is 6. The molecule has 1 aliphatic carbocycles. The topological polar surface area (TPSA) is 67.2 Å². The van der Waals surface area contributed by atoms with Crippen LogP contribution >= 0.6 is 0 Å². The largest absolute Gasteiger partial charge is 0.381 e. The minimum Gasteiger partial charge on any atom is -0.381 e. The molecule has 2 aliphatic heterocycles. The lowest BCUT2D eigenvalue weighted by Crippen LogP contribution is -2.39. The van der Waals surface area contributed by atoms with Gasteiger partial charge in [-0.2, -0.15) is 5.10 Å². The zero-order valence-electron chi connectivity index (χ0n) is 19.0. The molecule has 4 heterocycles. The number of unbranched alkanes of at least 4 members (excludes halogenated alkanes) is 1. The summed E-state index contributed by atoms with van der Waals surface area (Å²) in [4.78, 5) is 13.5. The number of nitrogens with one attached hydrogen (secondary N) is 2. The van der Waals surface area contributed by atoms with E-state index in [1.54, 1.807) is 0 Å². The van der Waals surface area contributed by atoms with Crippen molar-refractivity contribution in [3.63, 3.8) is 0 Å². The number of aryl methyl sites for hydroxylation is 1. The molecule has 7 nitrogen and oxygen atoms in total. The lowest BCUT2D eigenvalue weighted by molar-refractivity contribution is -0.0289. The summed E-state index contributed by atoms with van der Waals surface area (Å²) in [5.41, 5.74) is 7.34. The Bertz CT molecular complexity index is 937. The van der Waals surface area contributed by atoms with Gasteiger partial charge in [-0.1, -0.05) is 26.2 Å². The Morgan fingerprint density at radius 1 is 1.19 bits per heavy atom. The van der Waals surface area contributed by atoms with Gasteiger partial charge in [-0.3, -0.25) is 10.3 Å². The lowest BCUT2D eigenvalue weighted by atomic mass is 9.98. The zero-order valence-corrected chi connectivity index (χ0v) is 19.0. The maximum absolute atomic E-state index is 6.08. The van der Waals surface area contributed by atoms with Gasteiger partial charge in [0.25, 0.3) is 0 Å². The quantitative estimate of drug-likeness (QED) is 0.690. The van der Waals surface area contributed by atoms with Gasteiger partial charge in [0.1, 0.15) is 5.60 Å². The fourth-order valence-corrected chi connectivity index (χ4v) is 5.34. The van der Waals surface area contributed by atoms with Crippen LogP contribution < -0.4 is 10.8 Å².